The zero-order valence-electron chi connectivity index (χ0n) is 10.3. The summed E-state index contributed by atoms with van der Waals surface area (Å²) in [6.45, 7) is 1.92. The van der Waals surface area contributed by atoms with Crippen LogP contribution in [0.2, 0.25) is 0 Å². The lowest BCUT2D eigenvalue weighted by molar-refractivity contribution is -0.137. The summed E-state index contributed by atoms with van der Waals surface area (Å²) in [7, 11) is 0. The van der Waals surface area contributed by atoms with Gasteiger partial charge in [-0.25, -0.2) is 0 Å². The van der Waals surface area contributed by atoms with Gasteiger partial charge in [0, 0.05) is 5.92 Å². The molecule has 0 spiro atoms. The molecule has 0 aliphatic heterocycles. The molecule has 0 aromatic heterocycles. The highest BCUT2D eigenvalue weighted by atomic mass is 16.4. The smallest absolute Gasteiger partial charge is 0.305 e. The van der Waals surface area contributed by atoms with Crippen LogP contribution < -0.4 is 5.32 Å². The van der Waals surface area contributed by atoms with Crippen LogP contribution >= 0.6 is 0 Å². The monoisotopic (exact) mass is 247 g/mol. The second-order valence-corrected chi connectivity index (χ2v) is 4.79. The average Bonchev–Trinajstić information content (AvgIpc) is 3.11. The van der Waals surface area contributed by atoms with Crippen LogP contribution in [-0.2, 0) is 9.59 Å². The van der Waals surface area contributed by atoms with Crippen LogP contribution in [0.5, 0.6) is 0 Å². The summed E-state index contributed by atoms with van der Waals surface area (Å²) in [5.74, 6) is -0.839. The van der Waals surface area contributed by atoms with E-state index in [-0.39, 0.29) is 18.2 Å². The van der Waals surface area contributed by atoms with Crippen molar-refractivity contribution in [1.82, 2.24) is 5.32 Å². The van der Waals surface area contributed by atoms with E-state index in [2.05, 4.69) is 5.32 Å². The molecule has 0 saturated heterocycles. The van der Waals surface area contributed by atoms with Gasteiger partial charge in [-0.1, -0.05) is 24.3 Å². The Morgan fingerprint density at radius 2 is 2.06 bits per heavy atom. The third kappa shape index (κ3) is 3.09. The number of carboxylic acids is 1. The number of nitrogens with one attached hydrogen (secondary N) is 1. The Balaban J connectivity index is 2.15. The minimum absolute atomic E-state index is 0.0236. The van der Waals surface area contributed by atoms with Gasteiger partial charge >= 0.3 is 5.97 Å². The van der Waals surface area contributed by atoms with E-state index in [1.54, 1.807) is 0 Å². The number of carbonyl (C=O) groups excluding carboxylic acids is 1. The van der Waals surface area contributed by atoms with Gasteiger partial charge in [0.15, 0.2) is 0 Å². The van der Waals surface area contributed by atoms with Crippen molar-refractivity contribution in [3.63, 3.8) is 0 Å². The van der Waals surface area contributed by atoms with Crippen LogP contribution in [0.25, 0.3) is 0 Å². The molecular weight excluding hydrogens is 230 g/mol. The molecule has 0 unspecified atom stereocenters. The van der Waals surface area contributed by atoms with Gasteiger partial charge in [0.1, 0.15) is 0 Å². The molecule has 96 valence electrons. The summed E-state index contributed by atoms with van der Waals surface area (Å²) < 4.78 is 0. The fourth-order valence-electron chi connectivity index (χ4n) is 2.03. The van der Waals surface area contributed by atoms with Crippen LogP contribution in [0.3, 0.4) is 0 Å². The quantitative estimate of drug-likeness (QED) is 0.836. The Kier molecular flexibility index (Phi) is 3.65. The molecule has 18 heavy (non-hydrogen) atoms. The first-order valence-corrected chi connectivity index (χ1v) is 6.15. The van der Waals surface area contributed by atoms with E-state index in [0.717, 1.165) is 24.0 Å². The lowest BCUT2D eigenvalue weighted by atomic mass is 9.98. The number of hydrogen-bond acceptors (Lipinski definition) is 2. The van der Waals surface area contributed by atoms with E-state index < -0.39 is 12.0 Å². The standard InChI is InChI=1S/C14H17NO3/c1-9-4-2-3-5-11(9)12(8-13(16)17)15-14(18)10-6-7-10/h2-5,10,12H,6-8H2,1H3,(H,15,18)(H,16,17)/t12-/m0/s1. The Morgan fingerprint density at radius 1 is 1.39 bits per heavy atom. The molecule has 0 radical (unpaired) electrons. The minimum Gasteiger partial charge on any atom is -0.481 e. The van der Waals surface area contributed by atoms with Gasteiger partial charge < -0.3 is 10.4 Å². The predicted octanol–water partition coefficient (Wildman–Crippen LogP) is 2.04. The van der Waals surface area contributed by atoms with Crippen molar-refractivity contribution in [3.05, 3.63) is 35.4 Å². The van der Waals surface area contributed by atoms with Crippen LogP contribution in [0.15, 0.2) is 24.3 Å². The molecule has 1 fully saturated rings. The summed E-state index contributed by atoms with van der Waals surface area (Å²) in [4.78, 5) is 22.7. The second-order valence-electron chi connectivity index (χ2n) is 4.79. The van der Waals surface area contributed by atoms with E-state index in [1.165, 1.54) is 0 Å². The van der Waals surface area contributed by atoms with Crippen LogP contribution in [0.1, 0.15) is 36.4 Å². The Hall–Kier alpha value is -1.84. The second kappa shape index (κ2) is 5.21. The lowest BCUT2D eigenvalue weighted by Gasteiger charge is -2.19. The molecule has 1 aromatic carbocycles. The summed E-state index contributed by atoms with van der Waals surface area (Å²) in [5.41, 5.74) is 1.88. The molecule has 2 N–H and O–H groups in total. The highest BCUT2D eigenvalue weighted by Gasteiger charge is 2.31. The van der Waals surface area contributed by atoms with Gasteiger partial charge in [0.05, 0.1) is 12.5 Å². The van der Waals surface area contributed by atoms with Gasteiger partial charge in [-0.15, -0.1) is 0 Å². The number of carboxylic acid groups (broad SMARTS) is 1. The van der Waals surface area contributed by atoms with Crippen molar-refractivity contribution in [3.8, 4) is 0 Å². The van der Waals surface area contributed by atoms with E-state index in [4.69, 9.17) is 5.11 Å². The molecule has 0 bridgehead atoms. The van der Waals surface area contributed by atoms with Gasteiger partial charge in [-0.2, -0.15) is 0 Å². The molecule has 2 rings (SSSR count). The van der Waals surface area contributed by atoms with Crippen molar-refractivity contribution in [1.29, 1.82) is 0 Å². The number of hydrogen-bond donors (Lipinski definition) is 2. The molecule has 1 saturated carbocycles. The van der Waals surface area contributed by atoms with Crippen LogP contribution in [0, 0.1) is 12.8 Å². The topological polar surface area (TPSA) is 66.4 Å². The summed E-state index contributed by atoms with van der Waals surface area (Å²) in [5, 5.41) is 11.8. The van der Waals surface area contributed by atoms with Gasteiger partial charge in [-0.05, 0) is 30.9 Å². The van der Waals surface area contributed by atoms with Gasteiger partial charge in [-0.3, -0.25) is 9.59 Å². The van der Waals surface area contributed by atoms with Crippen molar-refractivity contribution in [2.75, 3.05) is 0 Å². The summed E-state index contributed by atoms with van der Waals surface area (Å²) >= 11 is 0. The number of carbonyl (C=O) groups is 2. The number of aryl methyl sites for hydroxylation is 1. The highest BCUT2D eigenvalue weighted by molar-refractivity contribution is 5.82. The van der Waals surface area contributed by atoms with Crippen molar-refractivity contribution < 1.29 is 14.7 Å². The molecule has 4 heteroatoms. The lowest BCUT2D eigenvalue weighted by Crippen LogP contribution is -2.31. The third-order valence-corrected chi connectivity index (χ3v) is 3.21. The third-order valence-electron chi connectivity index (χ3n) is 3.21. The van der Waals surface area contributed by atoms with Gasteiger partial charge in [0.25, 0.3) is 0 Å². The van der Waals surface area contributed by atoms with E-state index in [0.29, 0.717) is 0 Å². The number of rotatable bonds is 5. The normalized spacial score (nSPS) is 16.1. The van der Waals surface area contributed by atoms with E-state index in [9.17, 15) is 9.59 Å². The summed E-state index contributed by atoms with van der Waals surface area (Å²) in [6.07, 6.45) is 1.75. The molecule has 0 heterocycles. The SMILES string of the molecule is Cc1ccccc1[C@H](CC(=O)O)NC(=O)C1CC1. The minimum atomic E-state index is -0.903. The first-order valence-electron chi connectivity index (χ1n) is 6.15. The van der Waals surface area contributed by atoms with Crippen molar-refractivity contribution in [2.24, 2.45) is 5.92 Å². The van der Waals surface area contributed by atoms with Gasteiger partial charge in [0.2, 0.25) is 5.91 Å². The molecule has 1 aromatic rings. The largest absolute Gasteiger partial charge is 0.481 e. The van der Waals surface area contributed by atoms with E-state index in [1.807, 2.05) is 31.2 Å². The Labute approximate surface area is 106 Å². The van der Waals surface area contributed by atoms with Crippen molar-refractivity contribution in [2.45, 2.75) is 32.2 Å². The first kappa shape index (κ1) is 12.6. The summed E-state index contributed by atoms with van der Waals surface area (Å²) in [6, 6.07) is 7.13. The highest BCUT2D eigenvalue weighted by Crippen LogP contribution is 2.30. The van der Waals surface area contributed by atoms with Crippen molar-refractivity contribution >= 4 is 11.9 Å². The zero-order chi connectivity index (χ0) is 13.1. The maximum atomic E-state index is 11.8. The molecule has 1 atom stereocenters. The molecule has 4 nitrogen and oxygen atoms in total. The predicted molar refractivity (Wildman–Crippen MR) is 67.0 cm³/mol. The first-order chi connectivity index (χ1) is 8.58. The molecular formula is C14H17NO3. The fraction of sp³-hybridized carbons (Fsp3) is 0.429. The Bertz CT molecular complexity index is 466. The Morgan fingerprint density at radius 3 is 2.61 bits per heavy atom. The molecule has 1 aliphatic carbocycles. The maximum absolute atomic E-state index is 11.8. The number of benzene rings is 1. The van der Waals surface area contributed by atoms with Crippen LogP contribution in [0.4, 0.5) is 0 Å². The fourth-order valence-corrected chi connectivity index (χ4v) is 2.03. The average molecular weight is 247 g/mol. The maximum Gasteiger partial charge on any atom is 0.305 e. The number of amides is 1. The van der Waals surface area contributed by atoms with Crippen LogP contribution in [-0.4, -0.2) is 17.0 Å². The number of aliphatic carboxylic acids is 1. The molecule has 1 amide bonds. The molecule has 1 aliphatic rings. The zero-order valence-corrected chi connectivity index (χ0v) is 10.3. The van der Waals surface area contributed by atoms with E-state index >= 15 is 0 Å².